The number of amides is 1. The Morgan fingerprint density at radius 2 is 2.17 bits per heavy atom. The second-order valence-electron chi connectivity index (χ2n) is 3.73. The van der Waals surface area contributed by atoms with Crippen molar-refractivity contribution in [2.45, 2.75) is 0 Å². The molecule has 1 amide bonds. The molecule has 0 radical (unpaired) electrons. The Labute approximate surface area is 112 Å². The smallest absolute Gasteiger partial charge is 0.266 e. The summed E-state index contributed by atoms with van der Waals surface area (Å²) in [7, 11) is 3.25. The van der Waals surface area contributed by atoms with Crippen LogP contribution in [-0.4, -0.2) is 34.9 Å². The third-order valence-electron chi connectivity index (χ3n) is 2.14. The molecular weight excluding hydrogens is 277 g/mol. The summed E-state index contributed by atoms with van der Waals surface area (Å²) in [5, 5.41) is 0.593. The number of carbonyl (C=O) groups excluding carboxylic acids is 1. The highest BCUT2D eigenvalue weighted by molar-refractivity contribution is 7.17. The fourth-order valence-electron chi connectivity index (χ4n) is 1.29. The van der Waals surface area contributed by atoms with Crippen LogP contribution in [0.25, 0.3) is 10.6 Å². The molecule has 0 unspecified atom stereocenters. The van der Waals surface area contributed by atoms with E-state index >= 15 is 0 Å². The number of halogens is 2. The molecule has 0 aromatic carbocycles. The third kappa shape index (κ3) is 2.49. The fourth-order valence-corrected chi connectivity index (χ4v) is 2.58. The van der Waals surface area contributed by atoms with Crippen molar-refractivity contribution in [2.75, 3.05) is 14.1 Å². The molecule has 0 spiro atoms. The lowest BCUT2D eigenvalue weighted by atomic mass is 10.3. The predicted molar refractivity (Wildman–Crippen MR) is 68.3 cm³/mol. The zero-order valence-electron chi connectivity index (χ0n) is 9.65. The lowest BCUT2D eigenvalue weighted by Crippen LogP contribution is -2.20. The summed E-state index contributed by atoms with van der Waals surface area (Å²) in [5.74, 6) is -0.688. The average Bonchev–Trinajstić information content (AvgIpc) is 2.70. The summed E-state index contributed by atoms with van der Waals surface area (Å²) in [6.45, 7) is 0. The largest absolute Gasteiger partial charge is 0.344 e. The van der Waals surface area contributed by atoms with E-state index in [9.17, 15) is 9.18 Å². The van der Waals surface area contributed by atoms with E-state index in [1.54, 1.807) is 14.1 Å². The second-order valence-corrected chi connectivity index (χ2v) is 5.09. The van der Waals surface area contributed by atoms with Crippen molar-refractivity contribution in [3.8, 4) is 10.6 Å². The van der Waals surface area contributed by atoms with Gasteiger partial charge in [-0.15, -0.1) is 11.3 Å². The molecule has 7 heteroatoms. The van der Waals surface area contributed by atoms with Crippen LogP contribution in [0.15, 0.2) is 18.5 Å². The van der Waals surface area contributed by atoms with Crippen molar-refractivity contribution >= 4 is 28.8 Å². The number of pyridine rings is 1. The molecule has 0 saturated carbocycles. The lowest BCUT2D eigenvalue weighted by Gasteiger charge is -2.07. The molecule has 0 saturated heterocycles. The van der Waals surface area contributed by atoms with E-state index in [1.165, 1.54) is 17.2 Å². The molecule has 94 valence electrons. The van der Waals surface area contributed by atoms with Gasteiger partial charge in [-0.1, -0.05) is 11.6 Å². The zero-order chi connectivity index (χ0) is 13.3. The van der Waals surface area contributed by atoms with E-state index < -0.39 is 5.82 Å². The average molecular weight is 286 g/mol. The van der Waals surface area contributed by atoms with Crippen molar-refractivity contribution in [3.63, 3.8) is 0 Å². The molecule has 0 aliphatic heterocycles. The van der Waals surface area contributed by atoms with Crippen LogP contribution in [0.4, 0.5) is 4.39 Å². The molecule has 0 bridgehead atoms. The van der Waals surface area contributed by atoms with E-state index in [2.05, 4.69) is 9.97 Å². The minimum absolute atomic E-state index is 0.123. The van der Waals surface area contributed by atoms with Gasteiger partial charge in [0.1, 0.15) is 15.7 Å². The summed E-state index contributed by atoms with van der Waals surface area (Å²) in [6, 6.07) is 1.30. The van der Waals surface area contributed by atoms with Crippen LogP contribution in [0, 0.1) is 5.82 Å². The molecule has 0 atom stereocenters. The molecule has 0 aliphatic carbocycles. The summed E-state index contributed by atoms with van der Waals surface area (Å²) in [6.07, 6.45) is 2.58. The number of hydrogen-bond acceptors (Lipinski definition) is 4. The summed E-state index contributed by atoms with van der Waals surface area (Å²) in [4.78, 5) is 21.3. The molecule has 0 N–H and O–H groups in total. The van der Waals surface area contributed by atoms with Gasteiger partial charge in [-0.25, -0.2) is 9.37 Å². The Bertz CT molecular complexity index is 600. The standard InChI is InChI=1S/C11H9ClFN3OS/c1-16(2)11(17)8-9(12)15-10(18-8)6-3-7(13)5-14-4-6/h3-5H,1-2H3. The van der Waals surface area contributed by atoms with Crippen molar-refractivity contribution < 1.29 is 9.18 Å². The summed E-state index contributed by atoms with van der Waals surface area (Å²) in [5.41, 5.74) is 0.500. The Morgan fingerprint density at radius 3 is 2.78 bits per heavy atom. The Kier molecular flexibility index (Phi) is 3.58. The Balaban J connectivity index is 2.43. The van der Waals surface area contributed by atoms with Crippen LogP contribution in [-0.2, 0) is 0 Å². The predicted octanol–water partition coefficient (Wildman–Crippen LogP) is 2.70. The zero-order valence-corrected chi connectivity index (χ0v) is 11.2. The van der Waals surface area contributed by atoms with Crippen LogP contribution < -0.4 is 0 Å². The number of nitrogens with zero attached hydrogens (tertiary/aromatic N) is 3. The van der Waals surface area contributed by atoms with Gasteiger partial charge in [-0.2, -0.15) is 0 Å². The van der Waals surface area contributed by atoms with Gasteiger partial charge >= 0.3 is 0 Å². The minimum atomic E-state index is -0.459. The monoisotopic (exact) mass is 285 g/mol. The summed E-state index contributed by atoms with van der Waals surface area (Å²) < 4.78 is 13.1. The van der Waals surface area contributed by atoms with Gasteiger partial charge in [-0.05, 0) is 6.07 Å². The number of aromatic nitrogens is 2. The van der Waals surface area contributed by atoms with Crippen LogP contribution in [0.2, 0.25) is 5.15 Å². The van der Waals surface area contributed by atoms with E-state index in [0.29, 0.717) is 15.4 Å². The first kappa shape index (κ1) is 12.9. The second kappa shape index (κ2) is 4.99. The van der Waals surface area contributed by atoms with Gasteiger partial charge < -0.3 is 4.90 Å². The van der Waals surface area contributed by atoms with Crippen LogP contribution >= 0.6 is 22.9 Å². The van der Waals surface area contributed by atoms with Crippen LogP contribution in [0.1, 0.15) is 9.67 Å². The first-order valence-corrected chi connectivity index (χ1v) is 6.17. The highest BCUT2D eigenvalue weighted by atomic mass is 35.5. The van der Waals surface area contributed by atoms with Crippen LogP contribution in [0.3, 0.4) is 0 Å². The number of rotatable bonds is 2. The molecule has 2 aromatic rings. The lowest BCUT2D eigenvalue weighted by molar-refractivity contribution is 0.0832. The SMILES string of the molecule is CN(C)C(=O)c1sc(-c2cncc(F)c2)nc1Cl. The molecule has 0 fully saturated rings. The highest BCUT2D eigenvalue weighted by Crippen LogP contribution is 2.31. The van der Waals surface area contributed by atoms with Gasteiger partial charge in [0.2, 0.25) is 0 Å². The maximum atomic E-state index is 13.1. The first-order valence-electron chi connectivity index (χ1n) is 4.98. The molecule has 0 aliphatic rings. The molecule has 18 heavy (non-hydrogen) atoms. The maximum Gasteiger partial charge on any atom is 0.266 e. The summed E-state index contributed by atoms with van der Waals surface area (Å²) >= 11 is 7.03. The van der Waals surface area contributed by atoms with Gasteiger partial charge in [0.15, 0.2) is 5.15 Å². The van der Waals surface area contributed by atoms with Crippen molar-refractivity contribution in [1.82, 2.24) is 14.9 Å². The van der Waals surface area contributed by atoms with E-state index in [4.69, 9.17) is 11.6 Å². The van der Waals surface area contributed by atoms with Gasteiger partial charge in [0.05, 0.1) is 6.20 Å². The fraction of sp³-hybridized carbons (Fsp3) is 0.182. The number of carbonyl (C=O) groups is 1. The van der Waals surface area contributed by atoms with Gasteiger partial charge in [-0.3, -0.25) is 9.78 Å². The van der Waals surface area contributed by atoms with E-state index in [0.717, 1.165) is 17.5 Å². The molecule has 2 rings (SSSR count). The molecular formula is C11H9ClFN3OS. The quantitative estimate of drug-likeness (QED) is 0.852. The molecule has 4 nitrogen and oxygen atoms in total. The van der Waals surface area contributed by atoms with Crippen molar-refractivity contribution in [1.29, 1.82) is 0 Å². The molecule has 2 aromatic heterocycles. The van der Waals surface area contributed by atoms with Crippen LogP contribution in [0.5, 0.6) is 0 Å². The third-order valence-corrected chi connectivity index (χ3v) is 3.62. The first-order chi connectivity index (χ1) is 8.49. The Hall–Kier alpha value is -1.53. The van der Waals surface area contributed by atoms with Crippen molar-refractivity contribution in [2.24, 2.45) is 0 Å². The van der Waals surface area contributed by atoms with E-state index in [1.807, 2.05) is 0 Å². The number of thiazole rings is 1. The topological polar surface area (TPSA) is 46.1 Å². The Morgan fingerprint density at radius 1 is 1.44 bits per heavy atom. The molecule has 2 heterocycles. The number of hydrogen-bond donors (Lipinski definition) is 0. The highest BCUT2D eigenvalue weighted by Gasteiger charge is 2.19. The van der Waals surface area contributed by atoms with Gasteiger partial charge in [0.25, 0.3) is 5.91 Å². The minimum Gasteiger partial charge on any atom is -0.344 e. The normalized spacial score (nSPS) is 10.4. The van der Waals surface area contributed by atoms with Crippen molar-refractivity contribution in [3.05, 3.63) is 34.3 Å². The maximum absolute atomic E-state index is 13.1. The van der Waals surface area contributed by atoms with Gasteiger partial charge in [0, 0.05) is 25.9 Å². The van der Waals surface area contributed by atoms with E-state index in [-0.39, 0.29) is 11.1 Å².